The van der Waals surface area contributed by atoms with Crippen LogP contribution >= 0.6 is 11.6 Å². The lowest BCUT2D eigenvalue weighted by Crippen LogP contribution is -2.30. The molecule has 0 atom stereocenters. The van der Waals surface area contributed by atoms with Crippen molar-refractivity contribution in [1.29, 1.82) is 0 Å². The van der Waals surface area contributed by atoms with Crippen molar-refractivity contribution in [3.05, 3.63) is 34.3 Å². The van der Waals surface area contributed by atoms with Gasteiger partial charge < -0.3 is 10.6 Å². The van der Waals surface area contributed by atoms with E-state index in [1.165, 1.54) is 0 Å². The van der Waals surface area contributed by atoms with Crippen LogP contribution in [0.25, 0.3) is 0 Å². The molecule has 2 N–H and O–H groups in total. The largest absolute Gasteiger partial charge is 0.351 e. The second-order valence-corrected chi connectivity index (χ2v) is 3.75. The van der Waals surface area contributed by atoms with E-state index in [9.17, 15) is 4.79 Å². The van der Waals surface area contributed by atoms with Crippen molar-refractivity contribution in [3.63, 3.8) is 0 Å². The molecule has 0 aliphatic rings. The maximum absolute atomic E-state index is 11.6. The van der Waals surface area contributed by atoms with Gasteiger partial charge in [0.25, 0.3) is 5.91 Å². The zero-order chi connectivity index (χ0) is 11.3. The standard InChI is InChI=1S/C11H15ClN2O/c1-8-3-4-9(10(12)7-8)11(15)14-6-5-13-2/h3-4,7,13H,5-6H2,1-2H3,(H,14,15). The number of hydrogen-bond donors (Lipinski definition) is 2. The molecule has 0 radical (unpaired) electrons. The fourth-order valence-corrected chi connectivity index (χ4v) is 1.52. The van der Waals surface area contributed by atoms with Gasteiger partial charge in [-0.15, -0.1) is 0 Å². The number of hydrogen-bond acceptors (Lipinski definition) is 2. The first-order valence-corrected chi connectivity index (χ1v) is 5.22. The van der Waals surface area contributed by atoms with Gasteiger partial charge in [-0.2, -0.15) is 0 Å². The molecule has 3 nitrogen and oxygen atoms in total. The van der Waals surface area contributed by atoms with Crippen molar-refractivity contribution < 1.29 is 4.79 Å². The summed E-state index contributed by atoms with van der Waals surface area (Å²) in [6.45, 7) is 3.28. The average Bonchev–Trinajstić information content (AvgIpc) is 2.17. The molecule has 0 saturated carbocycles. The number of likely N-dealkylation sites (N-methyl/N-ethyl adjacent to an activating group) is 1. The average molecular weight is 227 g/mol. The number of nitrogens with one attached hydrogen (secondary N) is 2. The Hall–Kier alpha value is -1.06. The van der Waals surface area contributed by atoms with Gasteiger partial charge in [0, 0.05) is 13.1 Å². The molecule has 15 heavy (non-hydrogen) atoms. The summed E-state index contributed by atoms with van der Waals surface area (Å²) in [7, 11) is 1.84. The highest BCUT2D eigenvalue weighted by molar-refractivity contribution is 6.33. The summed E-state index contributed by atoms with van der Waals surface area (Å²) in [6, 6.07) is 5.40. The van der Waals surface area contributed by atoms with E-state index in [2.05, 4.69) is 10.6 Å². The third-order valence-electron chi connectivity index (χ3n) is 2.03. The van der Waals surface area contributed by atoms with Gasteiger partial charge >= 0.3 is 0 Å². The summed E-state index contributed by atoms with van der Waals surface area (Å²) in [5, 5.41) is 6.22. The van der Waals surface area contributed by atoms with Crippen molar-refractivity contribution >= 4 is 17.5 Å². The molecule has 0 aromatic heterocycles. The van der Waals surface area contributed by atoms with Gasteiger partial charge in [0.1, 0.15) is 0 Å². The lowest BCUT2D eigenvalue weighted by atomic mass is 10.1. The Bertz CT molecular complexity index is 352. The van der Waals surface area contributed by atoms with E-state index in [4.69, 9.17) is 11.6 Å². The Kier molecular flexibility index (Phi) is 4.59. The Morgan fingerprint density at radius 1 is 1.40 bits per heavy atom. The van der Waals surface area contributed by atoms with Crippen LogP contribution in [-0.2, 0) is 0 Å². The number of halogens is 1. The predicted octanol–water partition coefficient (Wildman–Crippen LogP) is 1.60. The fourth-order valence-electron chi connectivity index (χ4n) is 1.20. The zero-order valence-corrected chi connectivity index (χ0v) is 9.69. The van der Waals surface area contributed by atoms with Gasteiger partial charge in [-0.1, -0.05) is 17.7 Å². The van der Waals surface area contributed by atoms with Gasteiger partial charge in [-0.3, -0.25) is 4.79 Å². The number of amides is 1. The van der Waals surface area contributed by atoms with Crippen LogP contribution in [0.5, 0.6) is 0 Å². The van der Waals surface area contributed by atoms with Crippen LogP contribution in [-0.4, -0.2) is 26.0 Å². The first-order valence-electron chi connectivity index (χ1n) is 4.84. The van der Waals surface area contributed by atoms with Crippen molar-refractivity contribution in [2.24, 2.45) is 0 Å². The number of benzene rings is 1. The molecule has 0 aliphatic heterocycles. The molecule has 0 bridgehead atoms. The summed E-state index contributed by atoms with van der Waals surface area (Å²) in [4.78, 5) is 11.6. The highest BCUT2D eigenvalue weighted by Gasteiger charge is 2.08. The number of rotatable bonds is 4. The van der Waals surface area contributed by atoms with Crippen molar-refractivity contribution in [1.82, 2.24) is 10.6 Å². The minimum atomic E-state index is -0.129. The Morgan fingerprint density at radius 3 is 2.73 bits per heavy atom. The summed E-state index contributed by atoms with van der Waals surface area (Å²) in [5.41, 5.74) is 1.57. The van der Waals surface area contributed by atoms with Gasteiger partial charge in [-0.05, 0) is 31.7 Å². The Labute approximate surface area is 94.8 Å². The number of carbonyl (C=O) groups is 1. The van der Waals surface area contributed by atoms with Crippen molar-refractivity contribution in [2.45, 2.75) is 6.92 Å². The molecule has 0 heterocycles. The normalized spacial score (nSPS) is 10.1. The summed E-state index contributed by atoms with van der Waals surface area (Å²) < 4.78 is 0. The van der Waals surface area contributed by atoms with Crippen LogP contribution in [0.1, 0.15) is 15.9 Å². The SMILES string of the molecule is CNCCNC(=O)c1ccc(C)cc1Cl. The van der Waals surface area contributed by atoms with E-state index in [-0.39, 0.29) is 5.91 Å². The molecular weight excluding hydrogens is 212 g/mol. The third kappa shape index (κ3) is 3.53. The molecule has 0 unspecified atom stereocenters. The van der Waals surface area contributed by atoms with Gasteiger partial charge in [0.15, 0.2) is 0 Å². The Balaban J connectivity index is 2.65. The first kappa shape index (κ1) is 12.0. The van der Waals surface area contributed by atoms with Gasteiger partial charge in [-0.25, -0.2) is 0 Å². The number of aryl methyl sites for hydroxylation is 1. The minimum Gasteiger partial charge on any atom is -0.351 e. The van der Waals surface area contributed by atoms with Crippen LogP contribution in [0.15, 0.2) is 18.2 Å². The maximum atomic E-state index is 11.6. The van der Waals surface area contributed by atoms with E-state index in [0.29, 0.717) is 17.1 Å². The third-order valence-corrected chi connectivity index (χ3v) is 2.34. The highest BCUT2D eigenvalue weighted by Crippen LogP contribution is 2.17. The molecule has 0 aliphatic carbocycles. The van der Waals surface area contributed by atoms with E-state index in [1.807, 2.05) is 20.0 Å². The van der Waals surface area contributed by atoms with Crippen molar-refractivity contribution in [3.8, 4) is 0 Å². The van der Waals surface area contributed by atoms with E-state index < -0.39 is 0 Å². The quantitative estimate of drug-likeness (QED) is 0.766. The molecule has 1 rings (SSSR count). The van der Waals surface area contributed by atoms with Crippen molar-refractivity contribution in [2.75, 3.05) is 20.1 Å². The number of carbonyl (C=O) groups excluding carboxylic acids is 1. The molecular formula is C11H15ClN2O. The molecule has 0 saturated heterocycles. The summed E-state index contributed by atoms with van der Waals surface area (Å²) >= 11 is 5.96. The van der Waals surface area contributed by atoms with Crippen LogP contribution < -0.4 is 10.6 Å². The molecule has 1 amide bonds. The highest BCUT2D eigenvalue weighted by atomic mass is 35.5. The molecule has 1 aromatic rings. The van der Waals surface area contributed by atoms with Crippen LogP contribution in [0.4, 0.5) is 0 Å². The van der Waals surface area contributed by atoms with Crippen LogP contribution in [0, 0.1) is 6.92 Å². The summed E-state index contributed by atoms with van der Waals surface area (Å²) in [6.07, 6.45) is 0. The molecule has 0 fully saturated rings. The zero-order valence-electron chi connectivity index (χ0n) is 8.93. The second kappa shape index (κ2) is 5.73. The van der Waals surface area contributed by atoms with Gasteiger partial charge in [0.2, 0.25) is 0 Å². The Morgan fingerprint density at radius 2 is 2.13 bits per heavy atom. The van der Waals surface area contributed by atoms with E-state index in [1.54, 1.807) is 12.1 Å². The topological polar surface area (TPSA) is 41.1 Å². The molecule has 0 spiro atoms. The smallest absolute Gasteiger partial charge is 0.252 e. The maximum Gasteiger partial charge on any atom is 0.252 e. The van der Waals surface area contributed by atoms with E-state index in [0.717, 1.165) is 12.1 Å². The molecule has 4 heteroatoms. The lowest BCUT2D eigenvalue weighted by molar-refractivity contribution is 0.0954. The molecule has 82 valence electrons. The second-order valence-electron chi connectivity index (χ2n) is 3.34. The fraction of sp³-hybridized carbons (Fsp3) is 0.364. The summed E-state index contributed by atoms with van der Waals surface area (Å²) in [5.74, 6) is -0.129. The van der Waals surface area contributed by atoms with Crippen LogP contribution in [0.2, 0.25) is 5.02 Å². The minimum absolute atomic E-state index is 0.129. The predicted molar refractivity (Wildman–Crippen MR) is 62.4 cm³/mol. The van der Waals surface area contributed by atoms with Gasteiger partial charge in [0.05, 0.1) is 10.6 Å². The first-order chi connectivity index (χ1) is 7.15. The molecule has 1 aromatic carbocycles. The lowest BCUT2D eigenvalue weighted by Gasteiger charge is -2.06. The van der Waals surface area contributed by atoms with E-state index >= 15 is 0 Å². The van der Waals surface area contributed by atoms with Crippen LogP contribution in [0.3, 0.4) is 0 Å². The monoisotopic (exact) mass is 226 g/mol.